The number of hydrogen-bond donors (Lipinski definition) is 2. The molecule has 5 heteroatoms. The molecule has 102 valence electrons. The zero-order chi connectivity index (χ0) is 14.2. The van der Waals surface area contributed by atoms with Gasteiger partial charge in [-0.2, -0.15) is 0 Å². The van der Waals surface area contributed by atoms with Crippen LogP contribution in [0.1, 0.15) is 29.8 Å². The normalized spacial score (nSPS) is 14.4. The fourth-order valence-corrected chi connectivity index (χ4v) is 2.20. The summed E-state index contributed by atoms with van der Waals surface area (Å²) >= 11 is 0. The summed E-state index contributed by atoms with van der Waals surface area (Å²) in [6.07, 6.45) is 0.683. The van der Waals surface area contributed by atoms with E-state index in [0.717, 1.165) is 11.3 Å². The van der Waals surface area contributed by atoms with Gasteiger partial charge in [0.2, 0.25) is 5.91 Å². The highest BCUT2D eigenvalue weighted by Crippen LogP contribution is 2.32. The van der Waals surface area contributed by atoms with Crippen LogP contribution in [-0.4, -0.2) is 30.1 Å². The Labute approximate surface area is 112 Å². The van der Waals surface area contributed by atoms with E-state index in [1.165, 1.54) is 6.07 Å². The molecular weight excluding hydrogens is 244 g/mol. The van der Waals surface area contributed by atoms with Gasteiger partial charge in [-0.25, -0.2) is 4.79 Å². The quantitative estimate of drug-likeness (QED) is 0.859. The van der Waals surface area contributed by atoms with Crippen LogP contribution in [0.2, 0.25) is 0 Å². The van der Waals surface area contributed by atoms with Gasteiger partial charge in [-0.3, -0.25) is 4.79 Å². The molecule has 0 bridgehead atoms. The maximum atomic E-state index is 12.4. The van der Waals surface area contributed by atoms with Crippen molar-refractivity contribution in [3.63, 3.8) is 0 Å². The molecule has 1 aliphatic heterocycles. The van der Waals surface area contributed by atoms with E-state index >= 15 is 0 Å². The van der Waals surface area contributed by atoms with Gasteiger partial charge < -0.3 is 15.7 Å². The maximum Gasteiger partial charge on any atom is 0.335 e. The number of carbonyl (C=O) groups is 2. The molecule has 0 unspecified atom stereocenters. The van der Waals surface area contributed by atoms with Gasteiger partial charge in [0.1, 0.15) is 0 Å². The van der Waals surface area contributed by atoms with Crippen LogP contribution in [0.5, 0.6) is 0 Å². The molecule has 0 spiro atoms. The molecule has 1 aliphatic rings. The zero-order valence-electron chi connectivity index (χ0n) is 11.1. The van der Waals surface area contributed by atoms with E-state index < -0.39 is 11.4 Å². The Bertz CT molecular complexity index is 537. The van der Waals surface area contributed by atoms with E-state index in [2.05, 4.69) is 0 Å². The number of carbonyl (C=O) groups excluding carboxylic acids is 1. The minimum atomic E-state index is -0.949. The van der Waals surface area contributed by atoms with Crippen molar-refractivity contribution in [1.29, 1.82) is 0 Å². The molecule has 1 heterocycles. The highest BCUT2D eigenvalue weighted by atomic mass is 16.4. The highest BCUT2D eigenvalue weighted by Gasteiger charge is 2.34. The van der Waals surface area contributed by atoms with Crippen molar-refractivity contribution in [2.45, 2.75) is 20.3 Å². The molecule has 0 radical (unpaired) electrons. The van der Waals surface area contributed by atoms with Crippen molar-refractivity contribution in [1.82, 2.24) is 0 Å². The van der Waals surface area contributed by atoms with E-state index in [-0.39, 0.29) is 18.0 Å². The van der Waals surface area contributed by atoms with Gasteiger partial charge in [-0.1, -0.05) is 0 Å². The van der Waals surface area contributed by atoms with Crippen molar-refractivity contribution < 1.29 is 14.7 Å². The fraction of sp³-hybridized carbons (Fsp3) is 0.429. The number of aromatic carboxylic acids is 1. The molecule has 0 aromatic heterocycles. The minimum Gasteiger partial charge on any atom is -0.478 e. The van der Waals surface area contributed by atoms with Gasteiger partial charge in [-0.15, -0.1) is 0 Å². The fourth-order valence-electron chi connectivity index (χ4n) is 2.20. The molecule has 19 heavy (non-hydrogen) atoms. The molecule has 0 aliphatic carbocycles. The zero-order valence-corrected chi connectivity index (χ0v) is 11.1. The van der Waals surface area contributed by atoms with Gasteiger partial charge in [0.05, 0.1) is 11.0 Å². The number of nitrogens with zero attached hydrogens (tertiary/aromatic N) is 1. The van der Waals surface area contributed by atoms with Crippen LogP contribution in [0.3, 0.4) is 0 Å². The molecule has 1 aromatic rings. The summed E-state index contributed by atoms with van der Waals surface area (Å²) in [6, 6.07) is 4.87. The van der Waals surface area contributed by atoms with Gasteiger partial charge in [-0.05, 0) is 44.0 Å². The lowest BCUT2D eigenvalue weighted by Gasteiger charge is -2.28. The van der Waals surface area contributed by atoms with Crippen LogP contribution in [0.4, 0.5) is 5.69 Å². The number of hydrogen-bond acceptors (Lipinski definition) is 3. The van der Waals surface area contributed by atoms with Crippen molar-refractivity contribution >= 4 is 17.6 Å². The Balaban J connectivity index is 2.33. The molecular formula is C14H18N2O3. The van der Waals surface area contributed by atoms with E-state index in [1.807, 2.05) is 13.8 Å². The summed E-state index contributed by atoms with van der Waals surface area (Å²) in [5.41, 5.74) is 6.99. The second-order valence-electron chi connectivity index (χ2n) is 5.44. The Morgan fingerprint density at radius 3 is 2.68 bits per heavy atom. The van der Waals surface area contributed by atoms with Gasteiger partial charge in [0, 0.05) is 18.8 Å². The standard InChI is InChI=1S/C14H18N2O3/c1-14(2,8-15)13(19)16-6-5-9-7-10(12(17)18)3-4-11(9)16/h3-4,7H,5-6,8,15H2,1-2H3,(H,17,18). The van der Waals surface area contributed by atoms with E-state index in [1.54, 1.807) is 17.0 Å². The molecule has 1 amide bonds. The number of anilines is 1. The average molecular weight is 262 g/mol. The van der Waals surface area contributed by atoms with Crippen molar-refractivity contribution in [3.05, 3.63) is 29.3 Å². The first-order valence-electron chi connectivity index (χ1n) is 6.25. The first-order valence-corrected chi connectivity index (χ1v) is 6.25. The lowest BCUT2D eigenvalue weighted by atomic mass is 9.92. The highest BCUT2D eigenvalue weighted by molar-refractivity contribution is 6.00. The average Bonchev–Trinajstić information content (AvgIpc) is 2.80. The van der Waals surface area contributed by atoms with Crippen LogP contribution in [0, 0.1) is 5.41 Å². The number of carboxylic acids is 1. The summed E-state index contributed by atoms with van der Waals surface area (Å²) in [5.74, 6) is -0.966. The number of benzene rings is 1. The molecule has 5 nitrogen and oxygen atoms in total. The smallest absolute Gasteiger partial charge is 0.335 e. The monoisotopic (exact) mass is 262 g/mol. The molecule has 0 saturated carbocycles. The molecule has 0 atom stereocenters. The number of rotatable bonds is 3. The second-order valence-corrected chi connectivity index (χ2v) is 5.44. The summed E-state index contributed by atoms with van der Waals surface area (Å²) in [4.78, 5) is 25.0. The van der Waals surface area contributed by atoms with Gasteiger partial charge >= 0.3 is 5.97 Å². The number of amides is 1. The molecule has 1 aromatic carbocycles. The summed E-state index contributed by atoms with van der Waals surface area (Å²) in [7, 11) is 0. The Kier molecular flexibility index (Phi) is 3.32. The Hall–Kier alpha value is -1.88. The van der Waals surface area contributed by atoms with Gasteiger partial charge in [0.15, 0.2) is 0 Å². The Morgan fingerprint density at radius 1 is 1.42 bits per heavy atom. The maximum absolute atomic E-state index is 12.4. The minimum absolute atomic E-state index is 0.0168. The number of nitrogens with two attached hydrogens (primary N) is 1. The van der Waals surface area contributed by atoms with Crippen LogP contribution < -0.4 is 10.6 Å². The third-order valence-corrected chi connectivity index (χ3v) is 3.56. The summed E-state index contributed by atoms with van der Waals surface area (Å²) in [5, 5.41) is 8.96. The lowest BCUT2D eigenvalue weighted by Crippen LogP contribution is -2.44. The van der Waals surface area contributed by atoms with Crippen molar-refractivity contribution in [2.24, 2.45) is 11.1 Å². The SMILES string of the molecule is CC(C)(CN)C(=O)N1CCc2cc(C(=O)O)ccc21. The van der Waals surface area contributed by atoms with Crippen LogP contribution in [0.25, 0.3) is 0 Å². The van der Waals surface area contributed by atoms with Crippen LogP contribution in [0.15, 0.2) is 18.2 Å². The third-order valence-electron chi connectivity index (χ3n) is 3.56. The van der Waals surface area contributed by atoms with E-state index in [9.17, 15) is 9.59 Å². The summed E-state index contributed by atoms with van der Waals surface area (Å²) < 4.78 is 0. The lowest BCUT2D eigenvalue weighted by molar-refractivity contribution is -0.126. The van der Waals surface area contributed by atoms with Crippen molar-refractivity contribution in [2.75, 3.05) is 18.0 Å². The number of fused-ring (bicyclic) bond motifs is 1. The molecule has 3 N–H and O–H groups in total. The second kappa shape index (κ2) is 4.66. The van der Waals surface area contributed by atoms with Crippen LogP contribution >= 0.6 is 0 Å². The molecule has 0 saturated heterocycles. The predicted molar refractivity (Wildman–Crippen MR) is 72.3 cm³/mol. The summed E-state index contributed by atoms with van der Waals surface area (Å²) in [6.45, 7) is 4.50. The molecule has 2 rings (SSSR count). The Morgan fingerprint density at radius 2 is 2.11 bits per heavy atom. The first-order chi connectivity index (χ1) is 8.86. The topological polar surface area (TPSA) is 83.6 Å². The van der Waals surface area contributed by atoms with Crippen LogP contribution in [-0.2, 0) is 11.2 Å². The number of carboxylic acid groups (broad SMARTS) is 1. The first kappa shape index (κ1) is 13.5. The molecule has 0 fully saturated rings. The third kappa shape index (κ3) is 2.33. The van der Waals surface area contributed by atoms with E-state index in [4.69, 9.17) is 10.8 Å². The predicted octanol–water partition coefficient (Wildman–Crippen LogP) is 1.26. The largest absolute Gasteiger partial charge is 0.478 e. The van der Waals surface area contributed by atoms with Gasteiger partial charge in [0.25, 0.3) is 0 Å². The van der Waals surface area contributed by atoms with Crippen molar-refractivity contribution in [3.8, 4) is 0 Å². The van der Waals surface area contributed by atoms with E-state index in [0.29, 0.717) is 13.0 Å².